The van der Waals surface area contributed by atoms with Gasteiger partial charge in [-0.2, -0.15) is 0 Å². The van der Waals surface area contributed by atoms with E-state index in [1.165, 1.54) is 49.7 Å². The average Bonchev–Trinajstić information content (AvgIpc) is 3.55. The van der Waals surface area contributed by atoms with Crippen LogP contribution in [0.25, 0.3) is 61.1 Å². The summed E-state index contributed by atoms with van der Waals surface area (Å²) in [6, 6.07) is 59.4. The van der Waals surface area contributed by atoms with Crippen molar-refractivity contribution < 1.29 is 0 Å². The molecule has 9 rings (SSSR count). The van der Waals surface area contributed by atoms with Crippen molar-refractivity contribution in [3.8, 4) is 39.3 Å². The molecule has 0 fully saturated rings. The van der Waals surface area contributed by atoms with E-state index in [0.29, 0.717) is 5.92 Å². The zero-order valence-electron chi connectivity index (χ0n) is 28.0. The van der Waals surface area contributed by atoms with Gasteiger partial charge in [0.1, 0.15) is 5.82 Å². The highest BCUT2D eigenvalue weighted by Gasteiger charge is 2.40. The third kappa shape index (κ3) is 4.82. The number of rotatable bonds is 5. The number of aromatic nitrogens is 2. The van der Waals surface area contributed by atoms with E-state index in [-0.39, 0.29) is 5.41 Å². The molecule has 0 saturated heterocycles. The Hall–Kier alpha value is -5.73. The van der Waals surface area contributed by atoms with Crippen LogP contribution in [0.1, 0.15) is 30.5 Å². The first-order valence-electron chi connectivity index (χ1n) is 17.4. The van der Waals surface area contributed by atoms with Crippen LogP contribution < -0.4 is 0 Å². The van der Waals surface area contributed by atoms with Gasteiger partial charge in [-0.3, -0.25) is 4.57 Å². The minimum Gasteiger partial charge on any atom is -0.292 e. The zero-order chi connectivity index (χ0) is 33.0. The first-order chi connectivity index (χ1) is 24.1. The fourth-order valence-corrected chi connectivity index (χ4v) is 8.35. The molecule has 0 bridgehead atoms. The van der Waals surface area contributed by atoms with Crippen LogP contribution in [0.4, 0.5) is 0 Å². The molecule has 0 radical (unpaired) electrons. The van der Waals surface area contributed by atoms with Crippen LogP contribution in [-0.4, -0.2) is 9.55 Å². The molecule has 8 aromatic rings. The third-order valence-corrected chi connectivity index (χ3v) is 11.1. The lowest BCUT2D eigenvalue weighted by atomic mass is 9.60. The summed E-state index contributed by atoms with van der Waals surface area (Å²) < 4.78 is 2.29. The van der Waals surface area contributed by atoms with Crippen LogP contribution in [0.3, 0.4) is 0 Å². The minimum atomic E-state index is -0.0506. The van der Waals surface area contributed by atoms with E-state index in [1.54, 1.807) is 0 Å². The average molecular weight is 631 g/mol. The van der Waals surface area contributed by atoms with Crippen molar-refractivity contribution in [3.63, 3.8) is 0 Å². The summed E-state index contributed by atoms with van der Waals surface area (Å²) in [5.74, 6) is 1.41. The van der Waals surface area contributed by atoms with Gasteiger partial charge < -0.3 is 0 Å². The molecule has 7 aromatic carbocycles. The van der Waals surface area contributed by atoms with E-state index in [1.807, 2.05) is 0 Å². The van der Waals surface area contributed by atoms with E-state index < -0.39 is 0 Å². The molecule has 2 unspecified atom stereocenters. The zero-order valence-corrected chi connectivity index (χ0v) is 28.0. The Morgan fingerprint density at radius 1 is 0.551 bits per heavy atom. The molecule has 2 nitrogen and oxygen atoms in total. The van der Waals surface area contributed by atoms with Gasteiger partial charge in [0.2, 0.25) is 0 Å². The summed E-state index contributed by atoms with van der Waals surface area (Å²) in [4.78, 5) is 5.14. The first-order valence-corrected chi connectivity index (χ1v) is 17.4. The topological polar surface area (TPSA) is 17.8 Å². The summed E-state index contributed by atoms with van der Waals surface area (Å²) in [5.41, 5.74) is 14.1. The third-order valence-electron chi connectivity index (χ3n) is 11.1. The highest BCUT2D eigenvalue weighted by atomic mass is 15.1. The second kappa shape index (κ2) is 11.8. The normalized spacial score (nSPS) is 17.3. The van der Waals surface area contributed by atoms with Crippen LogP contribution in [0.5, 0.6) is 0 Å². The van der Waals surface area contributed by atoms with Gasteiger partial charge in [0.15, 0.2) is 0 Å². The monoisotopic (exact) mass is 630 g/mol. The van der Waals surface area contributed by atoms with Gasteiger partial charge >= 0.3 is 0 Å². The molecule has 0 spiro atoms. The lowest BCUT2D eigenvalue weighted by molar-refractivity contribution is 0.291. The smallest absolute Gasteiger partial charge is 0.145 e. The van der Waals surface area contributed by atoms with Gasteiger partial charge in [-0.15, -0.1) is 0 Å². The second-order valence-electron chi connectivity index (χ2n) is 13.9. The van der Waals surface area contributed by atoms with Gasteiger partial charge in [-0.1, -0.05) is 153 Å². The van der Waals surface area contributed by atoms with E-state index >= 15 is 0 Å². The van der Waals surface area contributed by atoms with Crippen molar-refractivity contribution in [1.82, 2.24) is 9.55 Å². The fourth-order valence-electron chi connectivity index (χ4n) is 8.35. The van der Waals surface area contributed by atoms with Crippen molar-refractivity contribution in [1.29, 1.82) is 0 Å². The van der Waals surface area contributed by atoms with Gasteiger partial charge in [0, 0.05) is 11.3 Å². The van der Waals surface area contributed by atoms with Crippen molar-refractivity contribution in [2.45, 2.75) is 32.1 Å². The van der Waals surface area contributed by atoms with Crippen molar-refractivity contribution in [2.24, 2.45) is 5.92 Å². The molecule has 0 N–H and O–H groups in total. The molecule has 1 aliphatic rings. The van der Waals surface area contributed by atoms with E-state index in [9.17, 15) is 0 Å². The number of fused-ring (bicyclic) bond motifs is 3. The number of imidazole rings is 1. The number of para-hydroxylation sites is 3. The summed E-state index contributed by atoms with van der Waals surface area (Å²) in [6.07, 6.45) is 1.99. The van der Waals surface area contributed by atoms with Crippen LogP contribution in [0.2, 0.25) is 0 Å². The highest BCUT2D eigenvalue weighted by molar-refractivity contribution is 6.08. The summed E-state index contributed by atoms with van der Waals surface area (Å²) >= 11 is 0. The molecule has 2 heteroatoms. The number of benzene rings is 7. The van der Waals surface area contributed by atoms with Crippen molar-refractivity contribution in [2.75, 3.05) is 0 Å². The standard InChI is InChI=1S/C47H38N2/c1-32-30-40-41(45(34-18-8-4-9-19-34)39-23-13-12-22-38(39)44(40)33-16-6-3-7-17-33)31-47(32,2)36-28-26-35(27-29-36)46-48-42-24-14-15-25-43(42)49(46)37-20-10-5-11-21-37/h3-29,32H,30-31H2,1-2H3. The fraction of sp³-hybridized carbons (Fsp3) is 0.128. The number of hydrogen-bond donors (Lipinski definition) is 0. The molecule has 1 aromatic heterocycles. The Labute approximate surface area is 288 Å². The molecule has 1 heterocycles. The molecule has 2 atom stereocenters. The molecule has 236 valence electrons. The Kier molecular flexibility index (Phi) is 7.05. The van der Waals surface area contributed by atoms with Crippen LogP contribution in [0, 0.1) is 5.92 Å². The number of hydrogen-bond acceptors (Lipinski definition) is 1. The lowest BCUT2D eigenvalue weighted by Gasteiger charge is -2.43. The van der Waals surface area contributed by atoms with E-state index in [2.05, 4.69) is 182 Å². The predicted octanol–water partition coefficient (Wildman–Crippen LogP) is 11.9. The lowest BCUT2D eigenvalue weighted by Crippen LogP contribution is -2.38. The maximum Gasteiger partial charge on any atom is 0.145 e. The Bertz CT molecular complexity index is 2440. The maximum absolute atomic E-state index is 5.14. The molecule has 1 aliphatic carbocycles. The molecule has 49 heavy (non-hydrogen) atoms. The highest BCUT2D eigenvalue weighted by Crippen LogP contribution is 2.51. The summed E-state index contributed by atoms with van der Waals surface area (Å²) in [7, 11) is 0. The molecular formula is C47H38N2. The Balaban J connectivity index is 1.20. The summed E-state index contributed by atoms with van der Waals surface area (Å²) in [5, 5.41) is 2.67. The molecular weight excluding hydrogens is 593 g/mol. The van der Waals surface area contributed by atoms with Crippen LogP contribution >= 0.6 is 0 Å². The van der Waals surface area contributed by atoms with Crippen molar-refractivity contribution >= 4 is 21.8 Å². The number of nitrogens with zero attached hydrogens (tertiary/aromatic N) is 2. The van der Waals surface area contributed by atoms with Crippen molar-refractivity contribution in [3.05, 3.63) is 180 Å². The second-order valence-corrected chi connectivity index (χ2v) is 13.9. The summed E-state index contributed by atoms with van der Waals surface area (Å²) in [6.45, 7) is 4.94. The van der Waals surface area contributed by atoms with Gasteiger partial charge in [0.05, 0.1) is 11.0 Å². The van der Waals surface area contributed by atoms with E-state index in [0.717, 1.165) is 41.0 Å². The van der Waals surface area contributed by atoms with Gasteiger partial charge in [-0.25, -0.2) is 4.98 Å². The van der Waals surface area contributed by atoms with Gasteiger partial charge in [-0.05, 0) is 98.2 Å². The molecule has 0 aliphatic heterocycles. The Morgan fingerprint density at radius 2 is 1.08 bits per heavy atom. The van der Waals surface area contributed by atoms with E-state index in [4.69, 9.17) is 4.98 Å². The molecule has 0 saturated carbocycles. The largest absolute Gasteiger partial charge is 0.292 e. The van der Waals surface area contributed by atoms with Crippen LogP contribution in [-0.2, 0) is 18.3 Å². The SMILES string of the molecule is CC1Cc2c(c(-c3ccccc3)c3ccccc3c2-c2ccccc2)CC1(C)c1ccc(-c2nc3ccccc3n2-c2ccccc2)cc1. The predicted molar refractivity (Wildman–Crippen MR) is 205 cm³/mol. The quantitative estimate of drug-likeness (QED) is 0.185. The Morgan fingerprint density at radius 3 is 1.71 bits per heavy atom. The van der Waals surface area contributed by atoms with Gasteiger partial charge in [0.25, 0.3) is 0 Å². The molecule has 0 amide bonds. The van der Waals surface area contributed by atoms with Crippen LogP contribution in [0.15, 0.2) is 164 Å². The first kappa shape index (κ1) is 29.4. The minimum absolute atomic E-state index is 0.0506. The maximum atomic E-state index is 5.14.